The van der Waals surface area contributed by atoms with Gasteiger partial charge in [-0.15, -0.1) is 10.2 Å². The van der Waals surface area contributed by atoms with Crippen LogP contribution in [0.15, 0.2) is 90.1 Å². The first-order valence-electron chi connectivity index (χ1n) is 9.45. The molecule has 4 rings (SSSR count). The highest BCUT2D eigenvalue weighted by Crippen LogP contribution is 2.28. The number of nitrogens with zero attached hydrogens (tertiary/aromatic N) is 3. The van der Waals surface area contributed by atoms with Gasteiger partial charge in [-0.05, 0) is 48.5 Å². The molecule has 5 nitrogen and oxygen atoms in total. The SMILES string of the molecule is O=C(CCSc1nnc(-c2ccc(F)cc2)n1-c1ccccc1)Nc1ccccc1. The molecule has 0 aliphatic rings. The maximum atomic E-state index is 13.3. The second kappa shape index (κ2) is 9.37. The van der Waals surface area contributed by atoms with Crippen LogP contribution >= 0.6 is 11.8 Å². The quantitative estimate of drug-likeness (QED) is 0.420. The van der Waals surface area contributed by atoms with E-state index in [9.17, 15) is 9.18 Å². The molecule has 0 unspecified atom stereocenters. The second-order valence-electron chi connectivity index (χ2n) is 6.50. The lowest BCUT2D eigenvalue weighted by Crippen LogP contribution is -2.12. The van der Waals surface area contributed by atoms with E-state index in [-0.39, 0.29) is 11.7 Å². The summed E-state index contributed by atoms with van der Waals surface area (Å²) < 4.78 is 15.3. The summed E-state index contributed by atoms with van der Waals surface area (Å²) in [4.78, 5) is 12.2. The normalized spacial score (nSPS) is 10.7. The number of hydrogen-bond donors (Lipinski definition) is 1. The number of thioether (sulfide) groups is 1. The van der Waals surface area contributed by atoms with Crippen molar-refractivity contribution in [3.8, 4) is 17.1 Å². The summed E-state index contributed by atoms with van der Waals surface area (Å²) in [6.45, 7) is 0. The van der Waals surface area contributed by atoms with Gasteiger partial charge in [-0.3, -0.25) is 9.36 Å². The van der Waals surface area contributed by atoms with Gasteiger partial charge in [-0.1, -0.05) is 48.2 Å². The number of carbonyl (C=O) groups excluding carboxylic acids is 1. The molecular formula is C23H19FN4OS. The fraction of sp³-hybridized carbons (Fsp3) is 0.0870. The van der Waals surface area contributed by atoms with E-state index in [2.05, 4.69) is 15.5 Å². The molecule has 0 fully saturated rings. The van der Waals surface area contributed by atoms with E-state index in [4.69, 9.17) is 0 Å². The fourth-order valence-electron chi connectivity index (χ4n) is 2.94. The van der Waals surface area contributed by atoms with Crippen molar-refractivity contribution in [3.63, 3.8) is 0 Å². The number of benzene rings is 3. The third-order valence-electron chi connectivity index (χ3n) is 4.37. The van der Waals surface area contributed by atoms with Gasteiger partial charge >= 0.3 is 0 Å². The van der Waals surface area contributed by atoms with Crippen molar-refractivity contribution in [2.75, 3.05) is 11.1 Å². The molecule has 3 aromatic carbocycles. The Balaban J connectivity index is 1.51. The molecule has 4 aromatic rings. The molecule has 0 saturated carbocycles. The van der Waals surface area contributed by atoms with Crippen LogP contribution in [0, 0.1) is 5.82 Å². The van der Waals surface area contributed by atoms with Crippen molar-refractivity contribution in [3.05, 3.63) is 90.7 Å². The summed E-state index contributed by atoms with van der Waals surface area (Å²) >= 11 is 1.45. The molecule has 0 saturated heterocycles. The molecule has 150 valence electrons. The number of nitrogens with one attached hydrogen (secondary N) is 1. The summed E-state index contributed by atoms with van der Waals surface area (Å²) in [5.41, 5.74) is 2.44. The minimum atomic E-state index is -0.302. The Labute approximate surface area is 178 Å². The Hall–Kier alpha value is -3.45. The standard InChI is InChI=1S/C23H19FN4OS/c24-18-13-11-17(12-14-18)22-26-27-23(28(22)20-9-5-2-6-10-20)30-16-15-21(29)25-19-7-3-1-4-8-19/h1-14H,15-16H2,(H,25,29). The lowest BCUT2D eigenvalue weighted by atomic mass is 10.2. The van der Waals surface area contributed by atoms with E-state index >= 15 is 0 Å². The van der Waals surface area contributed by atoms with Crippen LogP contribution in [-0.2, 0) is 4.79 Å². The summed E-state index contributed by atoms with van der Waals surface area (Å²) in [5.74, 6) is 0.812. The van der Waals surface area contributed by atoms with Crippen molar-refractivity contribution >= 4 is 23.4 Å². The van der Waals surface area contributed by atoms with Gasteiger partial charge < -0.3 is 5.32 Å². The number of hydrogen-bond acceptors (Lipinski definition) is 4. The Morgan fingerprint density at radius 2 is 1.57 bits per heavy atom. The summed E-state index contributed by atoms with van der Waals surface area (Å²) in [7, 11) is 0. The average Bonchev–Trinajstić information content (AvgIpc) is 3.19. The number of aromatic nitrogens is 3. The molecule has 0 spiro atoms. The zero-order valence-electron chi connectivity index (χ0n) is 16.0. The van der Waals surface area contributed by atoms with Gasteiger partial charge in [0.1, 0.15) is 5.82 Å². The van der Waals surface area contributed by atoms with Crippen LogP contribution in [0.2, 0.25) is 0 Å². The number of carbonyl (C=O) groups is 1. The predicted octanol–water partition coefficient (Wildman–Crippen LogP) is 5.19. The molecule has 1 heterocycles. The Morgan fingerprint density at radius 3 is 2.27 bits per heavy atom. The number of rotatable bonds is 7. The number of para-hydroxylation sites is 2. The minimum absolute atomic E-state index is 0.0572. The first-order chi connectivity index (χ1) is 14.7. The van der Waals surface area contributed by atoms with Crippen LogP contribution in [0.5, 0.6) is 0 Å². The molecular weight excluding hydrogens is 399 g/mol. The Bertz CT molecular complexity index is 1120. The topological polar surface area (TPSA) is 59.8 Å². The largest absolute Gasteiger partial charge is 0.326 e. The Morgan fingerprint density at radius 1 is 0.900 bits per heavy atom. The van der Waals surface area contributed by atoms with Crippen molar-refractivity contribution in [1.82, 2.24) is 14.8 Å². The van der Waals surface area contributed by atoms with Crippen molar-refractivity contribution in [1.29, 1.82) is 0 Å². The molecule has 1 amide bonds. The average molecular weight is 418 g/mol. The van der Waals surface area contributed by atoms with Crippen LogP contribution in [0.1, 0.15) is 6.42 Å². The maximum absolute atomic E-state index is 13.3. The molecule has 0 radical (unpaired) electrons. The van der Waals surface area contributed by atoms with Gasteiger partial charge in [0.2, 0.25) is 5.91 Å². The van der Waals surface area contributed by atoms with Gasteiger partial charge in [0.15, 0.2) is 11.0 Å². The maximum Gasteiger partial charge on any atom is 0.225 e. The summed E-state index contributed by atoms with van der Waals surface area (Å²) in [6.07, 6.45) is 0.340. The van der Waals surface area contributed by atoms with E-state index in [1.165, 1.54) is 23.9 Å². The van der Waals surface area contributed by atoms with E-state index in [1.54, 1.807) is 12.1 Å². The molecule has 1 aromatic heterocycles. The first-order valence-corrected chi connectivity index (χ1v) is 10.4. The third-order valence-corrected chi connectivity index (χ3v) is 5.30. The molecule has 0 aliphatic carbocycles. The molecule has 7 heteroatoms. The van der Waals surface area contributed by atoms with Crippen LogP contribution < -0.4 is 5.32 Å². The summed E-state index contributed by atoms with van der Waals surface area (Å²) in [5, 5.41) is 12.2. The second-order valence-corrected chi connectivity index (χ2v) is 7.56. The van der Waals surface area contributed by atoms with E-state index in [1.807, 2.05) is 65.2 Å². The van der Waals surface area contributed by atoms with Gasteiger partial charge in [0.25, 0.3) is 0 Å². The van der Waals surface area contributed by atoms with Crippen molar-refractivity contribution in [2.24, 2.45) is 0 Å². The molecule has 30 heavy (non-hydrogen) atoms. The highest BCUT2D eigenvalue weighted by Gasteiger charge is 2.16. The highest BCUT2D eigenvalue weighted by molar-refractivity contribution is 7.99. The monoisotopic (exact) mass is 418 g/mol. The Kier molecular flexibility index (Phi) is 6.20. The third kappa shape index (κ3) is 4.75. The van der Waals surface area contributed by atoms with Crippen LogP contribution in [0.4, 0.5) is 10.1 Å². The van der Waals surface area contributed by atoms with Gasteiger partial charge in [-0.25, -0.2) is 4.39 Å². The van der Waals surface area contributed by atoms with Crippen molar-refractivity contribution < 1.29 is 9.18 Å². The summed E-state index contributed by atoms with van der Waals surface area (Å²) in [6, 6.07) is 25.3. The van der Waals surface area contributed by atoms with Crippen molar-refractivity contribution in [2.45, 2.75) is 11.6 Å². The number of halogens is 1. The zero-order chi connectivity index (χ0) is 20.8. The number of anilines is 1. The lowest BCUT2D eigenvalue weighted by Gasteiger charge is -2.10. The smallest absolute Gasteiger partial charge is 0.225 e. The zero-order valence-corrected chi connectivity index (χ0v) is 16.8. The fourth-order valence-corrected chi connectivity index (χ4v) is 3.83. The highest BCUT2D eigenvalue weighted by atomic mass is 32.2. The van der Waals surface area contributed by atoms with Gasteiger partial charge in [-0.2, -0.15) is 0 Å². The van der Waals surface area contributed by atoms with E-state index in [0.717, 1.165) is 16.9 Å². The molecule has 0 atom stereocenters. The van der Waals surface area contributed by atoms with Crippen LogP contribution in [-0.4, -0.2) is 26.4 Å². The van der Waals surface area contributed by atoms with Crippen LogP contribution in [0.3, 0.4) is 0 Å². The molecule has 0 aliphatic heterocycles. The first kappa shape index (κ1) is 19.8. The van der Waals surface area contributed by atoms with Gasteiger partial charge in [0.05, 0.1) is 0 Å². The number of amides is 1. The lowest BCUT2D eigenvalue weighted by molar-refractivity contribution is -0.115. The predicted molar refractivity (Wildman–Crippen MR) is 117 cm³/mol. The van der Waals surface area contributed by atoms with Crippen LogP contribution in [0.25, 0.3) is 17.1 Å². The molecule has 1 N–H and O–H groups in total. The molecule has 0 bridgehead atoms. The minimum Gasteiger partial charge on any atom is -0.326 e. The van der Waals surface area contributed by atoms with E-state index in [0.29, 0.717) is 23.2 Å². The van der Waals surface area contributed by atoms with E-state index < -0.39 is 0 Å². The van der Waals surface area contributed by atoms with Gasteiger partial charge in [0, 0.05) is 29.1 Å².